The van der Waals surface area contributed by atoms with Crippen molar-refractivity contribution in [2.75, 3.05) is 13.1 Å². The van der Waals surface area contributed by atoms with E-state index in [9.17, 15) is 18.0 Å². The van der Waals surface area contributed by atoms with Crippen LogP contribution in [0.15, 0.2) is 33.5 Å². The average Bonchev–Trinajstić information content (AvgIpc) is 3.03. The summed E-state index contributed by atoms with van der Waals surface area (Å²) in [6, 6.07) is 7.80. The molecule has 1 atom stereocenters. The van der Waals surface area contributed by atoms with Gasteiger partial charge in [-0.25, -0.2) is 9.59 Å². The van der Waals surface area contributed by atoms with Crippen LogP contribution in [0.25, 0.3) is 11.1 Å². The summed E-state index contributed by atoms with van der Waals surface area (Å²) in [4.78, 5) is 20.6. The number of rotatable bonds is 1. The maximum absolute atomic E-state index is 11.7. The Balaban J connectivity index is 0.000000217. The summed E-state index contributed by atoms with van der Waals surface area (Å²) in [5.41, 5.74) is 1.57. The number of fused-ring (bicyclic) bond motifs is 1. The molecule has 1 aliphatic heterocycles. The number of carboxylic acids is 1. The van der Waals surface area contributed by atoms with E-state index in [0.29, 0.717) is 5.58 Å². The fourth-order valence-electron chi connectivity index (χ4n) is 2.19. The topological polar surface area (TPSA) is 84.5 Å². The third kappa shape index (κ3) is 3.48. The Morgan fingerprint density at radius 1 is 1.36 bits per heavy atom. The molecule has 0 bridgehead atoms. The van der Waals surface area contributed by atoms with Gasteiger partial charge in [-0.15, -0.1) is 0 Å². The molecular weight excluding hydrogens is 305 g/mol. The smallest absolute Gasteiger partial charge is 0.475 e. The molecule has 0 radical (unpaired) electrons. The van der Waals surface area contributed by atoms with Gasteiger partial charge in [-0.1, -0.05) is 12.1 Å². The van der Waals surface area contributed by atoms with Crippen molar-refractivity contribution < 1.29 is 27.5 Å². The van der Waals surface area contributed by atoms with Gasteiger partial charge in [-0.2, -0.15) is 13.2 Å². The molecule has 2 aromatic rings. The first kappa shape index (κ1) is 16.1. The number of nitrogens with one attached hydrogen (secondary N) is 1. The van der Waals surface area contributed by atoms with Crippen LogP contribution in [0.4, 0.5) is 13.2 Å². The Kier molecular flexibility index (Phi) is 4.55. The SMILES string of the molecule is O=C(O)C(F)(F)F.O=c1oc2ccccc2n1C1CCNC1. The first-order valence-electron chi connectivity index (χ1n) is 6.41. The van der Waals surface area contributed by atoms with E-state index in [1.807, 2.05) is 24.3 Å². The van der Waals surface area contributed by atoms with Crippen LogP contribution in [0, 0.1) is 0 Å². The van der Waals surface area contributed by atoms with Crippen LogP contribution >= 0.6 is 0 Å². The normalized spacial score (nSPS) is 18.0. The van der Waals surface area contributed by atoms with E-state index in [2.05, 4.69) is 5.32 Å². The number of aromatic nitrogens is 1. The van der Waals surface area contributed by atoms with Gasteiger partial charge in [0, 0.05) is 6.54 Å². The van der Waals surface area contributed by atoms with Crippen LogP contribution < -0.4 is 11.1 Å². The second kappa shape index (κ2) is 6.22. The summed E-state index contributed by atoms with van der Waals surface area (Å²) >= 11 is 0. The maximum atomic E-state index is 11.7. The summed E-state index contributed by atoms with van der Waals surface area (Å²) in [6.07, 6.45) is -4.09. The molecule has 1 fully saturated rings. The number of halogens is 3. The van der Waals surface area contributed by atoms with Crippen LogP contribution in [-0.4, -0.2) is 34.9 Å². The number of aliphatic carboxylic acids is 1. The lowest BCUT2D eigenvalue weighted by atomic mass is 10.2. The summed E-state index contributed by atoms with van der Waals surface area (Å²) < 4.78 is 38.7. The van der Waals surface area contributed by atoms with Crippen molar-refractivity contribution in [3.63, 3.8) is 0 Å². The molecule has 1 saturated heterocycles. The number of oxazole rings is 1. The Hall–Kier alpha value is -2.29. The molecule has 2 N–H and O–H groups in total. The third-order valence-corrected chi connectivity index (χ3v) is 3.16. The van der Waals surface area contributed by atoms with Crippen molar-refractivity contribution in [1.29, 1.82) is 0 Å². The fourth-order valence-corrected chi connectivity index (χ4v) is 2.19. The molecular formula is C13H13F3N2O4. The van der Waals surface area contributed by atoms with Crippen molar-refractivity contribution in [2.24, 2.45) is 0 Å². The van der Waals surface area contributed by atoms with Crippen molar-refractivity contribution in [1.82, 2.24) is 9.88 Å². The van der Waals surface area contributed by atoms with E-state index in [0.717, 1.165) is 25.0 Å². The van der Waals surface area contributed by atoms with Gasteiger partial charge >= 0.3 is 17.9 Å². The summed E-state index contributed by atoms with van der Waals surface area (Å²) in [5.74, 6) is -3.00. The van der Waals surface area contributed by atoms with Crippen molar-refractivity contribution in [3.05, 3.63) is 34.8 Å². The predicted octanol–water partition coefficient (Wildman–Crippen LogP) is 1.76. The van der Waals surface area contributed by atoms with E-state index >= 15 is 0 Å². The van der Waals surface area contributed by atoms with Crippen LogP contribution in [-0.2, 0) is 4.79 Å². The Bertz CT molecular complexity index is 714. The summed E-state index contributed by atoms with van der Waals surface area (Å²) in [6.45, 7) is 1.82. The largest absolute Gasteiger partial charge is 0.490 e. The number of hydrogen-bond acceptors (Lipinski definition) is 4. The van der Waals surface area contributed by atoms with E-state index in [4.69, 9.17) is 14.3 Å². The molecule has 0 amide bonds. The van der Waals surface area contributed by atoms with Gasteiger partial charge in [-0.3, -0.25) is 4.57 Å². The van der Waals surface area contributed by atoms with Gasteiger partial charge in [0.1, 0.15) is 0 Å². The van der Waals surface area contributed by atoms with Gasteiger partial charge in [0.2, 0.25) is 0 Å². The highest BCUT2D eigenvalue weighted by molar-refractivity contribution is 5.73. The van der Waals surface area contributed by atoms with Crippen LogP contribution in [0.1, 0.15) is 12.5 Å². The summed E-state index contributed by atoms with van der Waals surface area (Å²) in [5, 5.41) is 10.4. The molecule has 1 aromatic carbocycles. The number of nitrogens with zero attached hydrogens (tertiary/aromatic N) is 1. The number of carbonyl (C=O) groups is 1. The predicted molar refractivity (Wildman–Crippen MR) is 70.7 cm³/mol. The van der Waals surface area contributed by atoms with E-state index in [-0.39, 0.29) is 11.8 Å². The second-order valence-electron chi connectivity index (χ2n) is 4.66. The van der Waals surface area contributed by atoms with E-state index in [1.54, 1.807) is 4.57 Å². The first-order chi connectivity index (χ1) is 10.3. The minimum atomic E-state index is -5.08. The number of para-hydroxylation sites is 2. The lowest BCUT2D eigenvalue weighted by Crippen LogP contribution is -2.22. The van der Waals surface area contributed by atoms with Crippen LogP contribution in [0.3, 0.4) is 0 Å². The highest BCUT2D eigenvalue weighted by Gasteiger charge is 2.38. The second-order valence-corrected chi connectivity index (χ2v) is 4.66. The maximum Gasteiger partial charge on any atom is 0.490 e. The quantitative estimate of drug-likeness (QED) is 0.837. The zero-order valence-electron chi connectivity index (χ0n) is 11.3. The molecule has 0 spiro atoms. The molecule has 6 nitrogen and oxygen atoms in total. The van der Waals surface area contributed by atoms with Crippen LogP contribution in [0.2, 0.25) is 0 Å². The fraction of sp³-hybridized carbons (Fsp3) is 0.385. The minimum absolute atomic E-state index is 0.237. The Morgan fingerprint density at radius 2 is 2.00 bits per heavy atom. The zero-order chi connectivity index (χ0) is 16.3. The molecule has 1 aliphatic rings. The highest BCUT2D eigenvalue weighted by Crippen LogP contribution is 2.20. The molecule has 2 heterocycles. The number of alkyl halides is 3. The number of carboxylic acid groups (broad SMARTS) is 1. The monoisotopic (exact) mass is 318 g/mol. The van der Waals surface area contributed by atoms with Gasteiger partial charge in [0.15, 0.2) is 5.58 Å². The molecule has 1 unspecified atom stereocenters. The van der Waals surface area contributed by atoms with Crippen LogP contribution in [0.5, 0.6) is 0 Å². The van der Waals surface area contributed by atoms with Gasteiger partial charge in [0.25, 0.3) is 0 Å². The molecule has 1 aromatic heterocycles. The van der Waals surface area contributed by atoms with Crippen molar-refractivity contribution >= 4 is 17.1 Å². The molecule has 120 valence electrons. The number of benzene rings is 1. The van der Waals surface area contributed by atoms with Crippen molar-refractivity contribution in [2.45, 2.75) is 18.6 Å². The first-order valence-corrected chi connectivity index (χ1v) is 6.41. The molecule has 0 aliphatic carbocycles. The molecule has 3 rings (SSSR count). The zero-order valence-corrected chi connectivity index (χ0v) is 11.3. The van der Waals surface area contributed by atoms with Crippen molar-refractivity contribution in [3.8, 4) is 0 Å². The third-order valence-electron chi connectivity index (χ3n) is 3.16. The molecule has 9 heteroatoms. The van der Waals surface area contributed by atoms with E-state index < -0.39 is 12.1 Å². The highest BCUT2D eigenvalue weighted by atomic mass is 19.4. The Labute approximate surface area is 122 Å². The molecule has 0 saturated carbocycles. The van der Waals surface area contributed by atoms with Gasteiger partial charge in [0.05, 0.1) is 11.6 Å². The molecule has 22 heavy (non-hydrogen) atoms. The lowest BCUT2D eigenvalue weighted by Gasteiger charge is -2.08. The summed E-state index contributed by atoms with van der Waals surface area (Å²) in [7, 11) is 0. The van der Waals surface area contributed by atoms with Gasteiger partial charge in [-0.05, 0) is 25.1 Å². The average molecular weight is 318 g/mol. The Morgan fingerprint density at radius 3 is 2.55 bits per heavy atom. The van der Waals surface area contributed by atoms with E-state index in [1.165, 1.54) is 0 Å². The standard InChI is InChI=1S/C11H12N2O2.C2HF3O2/c14-11-13(8-5-6-12-7-8)9-3-1-2-4-10(9)15-11;3-2(4,5)1(6)7/h1-4,8,12H,5-7H2;(H,6,7). The lowest BCUT2D eigenvalue weighted by molar-refractivity contribution is -0.192. The number of hydrogen-bond donors (Lipinski definition) is 2. The van der Waals surface area contributed by atoms with Gasteiger partial charge < -0.3 is 14.8 Å². The minimum Gasteiger partial charge on any atom is -0.475 e.